The van der Waals surface area contributed by atoms with Crippen molar-refractivity contribution in [1.29, 1.82) is 0 Å². The highest BCUT2D eigenvalue weighted by molar-refractivity contribution is 5.86. The molecule has 1 saturated heterocycles. The SMILES string of the molecule is O=C(O)[C@@H]1[C@H]2CC[C@@H](C2)[C@H]1C(=O)N1CCN(c2ccc(F)cc2)CC1. The van der Waals surface area contributed by atoms with Gasteiger partial charge in [0.15, 0.2) is 0 Å². The van der Waals surface area contributed by atoms with E-state index in [1.165, 1.54) is 12.1 Å². The van der Waals surface area contributed by atoms with Crippen LogP contribution in [0.1, 0.15) is 19.3 Å². The van der Waals surface area contributed by atoms with Gasteiger partial charge >= 0.3 is 5.97 Å². The first kappa shape index (κ1) is 16.4. The summed E-state index contributed by atoms with van der Waals surface area (Å²) in [6.07, 6.45) is 2.83. The van der Waals surface area contributed by atoms with Crippen molar-refractivity contribution in [3.05, 3.63) is 30.1 Å². The van der Waals surface area contributed by atoms with Crippen molar-refractivity contribution in [1.82, 2.24) is 4.90 Å². The van der Waals surface area contributed by atoms with Gasteiger partial charge in [-0.15, -0.1) is 0 Å². The second-order valence-electron chi connectivity index (χ2n) is 7.51. The highest BCUT2D eigenvalue weighted by atomic mass is 19.1. The molecule has 25 heavy (non-hydrogen) atoms. The van der Waals surface area contributed by atoms with Crippen molar-refractivity contribution in [2.75, 3.05) is 31.1 Å². The number of carboxylic acid groups (broad SMARTS) is 1. The fourth-order valence-corrected chi connectivity index (χ4v) is 5.05. The third kappa shape index (κ3) is 2.87. The number of carbonyl (C=O) groups excluding carboxylic acids is 1. The zero-order valence-corrected chi connectivity index (χ0v) is 14.1. The van der Waals surface area contributed by atoms with Crippen LogP contribution in [0.3, 0.4) is 0 Å². The number of nitrogens with zero attached hydrogens (tertiary/aromatic N) is 2. The average molecular weight is 346 g/mol. The van der Waals surface area contributed by atoms with E-state index in [2.05, 4.69) is 4.90 Å². The summed E-state index contributed by atoms with van der Waals surface area (Å²) in [7, 11) is 0. The molecule has 0 radical (unpaired) electrons. The maximum atomic E-state index is 13.1. The number of carboxylic acids is 1. The maximum absolute atomic E-state index is 13.1. The zero-order chi connectivity index (χ0) is 17.6. The number of carbonyl (C=O) groups is 2. The second-order valence-corrected chi connectivity index (χ2v) is 7.51. The molecule has 0 unspecified atom stereocenters. The van der Waals surface area contributed by atoms with Gasteiger partial charge in [-0.25, -0.2) is 4.39 Å². The van der Waals surface area contributed by atoms with E-state index in [1.54, 1.807) is 12.1 Å². The Morgan fingerprint density at radius 2 is 1.56 bits per heavy atom. The number of piperazine rings is 1. The molecule has 3 fully saturated rings. The molecule has 2 bridgehead atoms. The van der Waals surface area contributed by atoms with Crippen LogP contribution in [0, 0.1) is 29.5 Å². The topological polar surface area (TPSA) is 60.9 Å². The lowest BCUT2D eigenvalue weighted by Crippen LogP contribution is -2.52. The molecule has 1 amide bonds. The van der Waals surface area contributed by atoms with Crippen LogP contribution in [0.15, 0.2) is 24.3 Å². The Labute approximate surface area is 146 Å². The van der Waals surface area contributed by atoms with Crippen LogP contribution >= 0.6 is 0 Å². The van der Waals surface area contributed by atoms with E-state index in [4.69, 9.17) is 0 Å². The lowest BCUT2D eigenvalue weighted by Gasteiger charge is -2.39. The molecule has 6 heteroatoms. The Bertz CT molecular complexity index is 670. The zero-order valence-electron chi connectivity index (χ0n) is 14.1. The number of amides is 1. The largest absolute Gasteiger partial charge is 0.481 e. The molecule has 0 spiro atoms. The van der Waals surface area contributed by atoms with Gasteiger partial charge in [-0.1, -0.05) is 0 Å². The van der Waals surface area contributed by atoms with Gasteiger partial charge in [0.1, 0.15) is 5.82 Å². The molecule has 1 aromatic carbocycles. The van der Waals surface area contributed by atoms with Gasteiger partial charge in [0.05, 0.1) is 11.8 Å². The van der Waals surface area contributed by atoms with E-state index in [0.29, 0.717) is 26.2 Å². The Balaban J connectivity index is 1.41. The number of anilines is 1. The van der Waals surface area contributed by atoms with E-state index >= 15 is 0 Å². The second kappa shape index (κ2) is 6.32. The minimum atomic E-state index is -0.810. The van der Waals surface area contributed by atoms with Crippen LogP contribution in [-0.2, 0) is 9.59 Å². The fourth-order valence-electron chi connectivity index (χ4n) is 5.05. The summed E-state index contributed by atoms with van der Waals surface area (Å²) in [5.74, 6) is -1.46. The van der Waals surface area contributed by atoms with Gasteiger partial charge in [-0.2, -0.15) is 0 Å². The van der Waals surface area contributed by atoms with Crippen LogP contribution in [-0.4, -0.2) is 48.1 Å². The van der Waals surface area contributed by atoms with Crippen LogP contribution < -0.4 is 4.90 Å². The summed E-state index contributed by atoms with van der Waals surface area (Å²) in [4.78, 5) is 28.6. The Morgan fingerprint density at radius 3 is 2.16 bits per heavy atom. The molecule has 1 N–H and O–H groups in total. The number of halogens is 1. The first-order chi connectivity index (χ1) is 12.0. The quantitative estimate of drug-likeness (QED) is 0.912. The molecule has 1 aliphatic heterocycles. The summed E-state index contributed by atoms with van der Waals surface area (Å²) in [6.45, 7) is 2.57. The van der Waals surface area contributed by atoms with Gasteiger partial charge in [0.2, 0.25) is 5.91 Å². The van der Waals surface area contributed by atoms with Gasteiger partial charge in [0, 0.05) is 31.9 Å². The number of hydrogen-bond donors (Lipinski definition) is 1. The lowest BCUT2D eigenvalue weighted by atomic mass is 9.78. The normalized spacial score (nSPS) is 31.4. The van der Waals surface area contributed by atoms with Crippen LogP contribution in [0.25, 0.3) is 0 Å². The van der Waals surface area contributed by atoms with E-state index in [0.717, 1.165) is 24.9 Å². The standard InChI is InChI=1S/C19H23FN2O3/c20-14-3-5-15(6-4-14)21-7-9-22(10-8-21)18(23)16-12-1-2-13(11-12)17(16)19(24)25/h3-6,12-13,16-17H,1-2,7-11H2,(H,24,25)/t12-,13-,16+,17+/m0/s1. The number of fused-ring (bicyclic) bond motifs is 2. The van der Waals surface area contributed by atoms with Gasteiger partial charge < -0.3 is 14.9 Å². The summed E-state index contributed by atoms with van der Waals surface area (Å²) < 4.78 is 13.1. The minimum Gasteiger partial charge on any atom is -0.481 e. The Kier molecular flexibility index (Phi) is 4.13. The number of hydrogen-bond acceptors (Lipinski definition) is 3. The summed E-state index contributed by atoms with van der Waals surface area (Å²) in [5, 5.41) is 9.56. The summed E-state index contributed by atoms with van der Waals surface area (Å²) in [6, 6.07) is 6.39. The third-order valence-corrected chi connectivity index (χ3v) is 6.27. The number of benzene rings is 1. The predicted octanol–water partition coefficient (Wildman–Crippen LogP) is 2.22. The van der Waals surface area contributed by atoms with E-state index in [1.807, 2.05) is 4.90 Å². The smallest absolute Gasteiger partial charge is 0.307 e. The molecule has 1 heterocycles. The Hall–Kier alpha value is -2.11. The van der Waals surface area contributed by atoms with E-state index < -0.39 is 11.9 Å². The molecule has 0 aromatic heterocycles. The average Bonchev–Trinajstić information content (AvgIpc) is 3.23. The molecular formula is C19H23FN2O3. The van der Waals surface area contributed by atoms with Crippen molar-refractivity contribution >= 4 is 17.6 Å². The van der Waals surface area contributed by atoms with E-state index in [9.17, 15) is 19.1 Å². The highest BCUT2D eigenvalue weighted by Gasteiger charge is 2.54. The number of aliphatic carboxylic acids is 1. The molecule has 1 aromatic rings. The van der Waals surface area contributed by atoms with Crippen molar-refractivity contribution in [2.45, 2.75) is 19.3 Å². The van der Waals surface area contributed by atoms with Gasteiger partial charge in [0.25, 0.3) is 0 Å². The third-order valence-electron chi connectivity index (χ3n) is 6.27. The monoisotopic (exact) mass is 346 g/mol. The first-order valence-corrected chi connectivity index (χ1v) is 9.06. The van der Waals surface area contributed by atoms with Crippen LogP contribution in [0.5, 0.6) is 0 Å². The molecule has 2 saturated carbocycles. The van der Waals surface area contributed by atoms with Crippen molar-refractivity contribution < 1.29 is 19.1 Å². The van der Waals surface area contributed by atoms with Gasteiger partial charge in [-0.3, -0.25) is 9.59 Å². The van der Waals surface area contributed by atoms with Crippen LogP contribution in [0.4, 0.5) is 10.1 Å². The Morgan fingerprint density at radius 1 is 0.960 bits per heavy atom. The lowest BCUT2D eigenvalue weighted by molar-refractivity contribution is -0.153. The molecule has 3 aliphatic rings. The number of rotatable bonds is 3. The minimum absolute atomic E-state index is 0.0263. The molecular weight excluding hydrogens is 323 g/mol. The fraction of sp³-hybridized carbons (Fsp3) is 0.579. The predicted molar refractivity (Wildman–Crippen MR) is 90.6 cm³/mol. The van der Waals surface area contributed by atoms with Crippen molar-refractivity contribution in [2.24, 2.45) is 23.7 Å². The molecule has 4 atom stereocenters. The summed E-state index contributed by atoms with van der Waals surface area (Å²) >= 11 is 0. The van der Waals surface area contributed by atoms with Crippen molar-refractivity contribution in [3.63, 3.8) is 0 Å². The maximum Gasteiger partial charge on any atom is 0.307 e. The van der Waals surface area contributed by atoms with Gasteiger partial charge in [-0.05, 0) is 55.4 Å². The molecule has 5 nitrogen and oxygen atoms in total. The molecule has 134 valence electrons. The van der Waals surface area contributed by atoms with Crippen molar-refractivity contribution in [3.8, 4) is 0 Å². The molecule has 4 rings (SSSR count). The molecule has 2 aliphatic carbocycles. The van der Waals surface area contributed by atoms with E-state index in [-0.39, 0.29) is 29.5 Å². The van der Waals surface area contributed by atoms with Crippen LogP contribution in [0.2, 0.25) is 0 Å². The first-order valence-electron chi connectivity index (χ1n) is 9.06. The summed E-state index contributed by atoms with van der Waals surface area (Å²) in [5.41, 5.74) is 0.955. The highest BCUT2D eigenvalue weighted by Crippen LogP contribution is 2.53.